The number of anilines is 1. The van der Waals surface area contributed by atoms with Crippen molar-refractivity contribution >= 4 is 27.4 Å². The number of rotatable bonds is 7. The molecule has 3 rings (SSSR count). The summed E-state index contributed by atoms with van der Waals surface area (Å²) in [7, 11) is -3.24. The van der Waals surface area contributed by atoms with Gasteiger partial charge in [-0.2, -0.15) is 0 Å². The van der Waals surface area contributed by atoms with Gasteiger partial charge in [0.15, 0.2) is 5.78 Å². The maximum atomic E-state index is 12.5. The number of aromatic nitrogens is 1. The molecule has 0 atom stereocenters. The van der Waals surface area contributed by atoms with Gasteiger partial charge in [-0.15, -0.1) is 0 Å². The number of H-pyrrole nitrogens is 1. The number of carbonyl (C=O) groups excluding carboxylic acids is 2. The van der Waals surface area contributed by atoms with Crippen molar-refractivity contribution in [3.63, 3.8) is 0 Å². The molecule has 1 aromatic heterocycles. The van der Waals surface area contributed by atoms with Crippen molar-refractivity contribution < 1.29 is 22.7 Å². The van der Waals surface area contributed by atoms with Crippen molar-refractivity contribution in [3.05, 3.63) is 47.3 Å². The third-order valence-electron chi connectivity index (χ3n) is 4.16. The van der Waals surface area contributed by atoms with Gasteiger partial charge in [0.05, 0.1) is 17.4 Å². The highest BCUT2D eigenvalue weighted by Crippen LogP contribution is 2.25. The monoisotopic (exact) mass is 391 g/mol. The number of aromatic amines is 1. The molecule has 0 fully saturated rings. The van der Waals surface area contributed by atoms with Crippen LogP contribution < -0.4 is 14.8 Å². The second-order valence-corrected chi connectivity index (χ2v) is 8.16. The van der Waals surface area contributed by atoms with Crippen molar-refractivity contribution in [3.8, 4) is 5.75 Å². The minimum absolute atomic E-state index is 0.00546. The Bertz CT molecular complexity index is 948. The van der Waals surface area contributed by atoms with Crippen LogP contribution in [-0.2, 0) is 16.4 Å². The fourth-order valence-corrected chi connectivity index (χ4v) is 3.39. The minimum Gasteiger partial charge on any atom is -0.492 e. The molecule has 1 amide bonds. The zero-order valence-corrected chi connectivity index (χ0v) is 15.7. The van der Waals surface area contributed by atoms with Crippen molar-refractivity contribution in [2.45, 2.75) is 19.3 Å². The summed E-state index contributed by atoms with van der Waals surface area (Å²) in [5.74, 6) is 0.209. The number of hydrogen-bond donors (Lipinski definition) is 3. The van der Waals surface area contributed by atoms with E-state index in [1.54, 1.807) is 30.5 Å². The molecular weight excluding hydrogens is 370 g/mol. The molecule has 9 heteroatoms. The smallest absolute Gasteiger partial charge is 0.257 e. The molecular formula is C18H21N3O5S. The molecule has 0 unspecified atom stereocenters. The lowest BCUT2D eigenvalue weighted by molar-refractivity contribution is 0.0956. The van der Waals surface area contributed by atoms with Crippen LogP contribution in [0, 0.1) is 0 Å². The second kappa shape index (κ2) is 7.93. The van der Waals surface area contributed by atoms with E-state index in [0.717, 1.165) is 24.8 Å². The molecule has 144 valence electrons. The quantitative estimate of drug-likeness (QED) is 0.621. The average Bonchev–Trinajstić information content (AvgIpc) is 3.05. The van der Waals surface area contributed by atoms with Crippen LogP contribution in [0.15, 0.2) is 30.5 Å². The van der Waals surface area contributed by atoms with Gasteiger partial charge in [0.2, 0.25) is 10.0 Å². The first-order chi connectivity index (χ1) is 12.8. The van der Waals surface area contributed by atoms with E-state index in [1.165, 1.54) is 0 Å². The molecule has 1 aromatic carbocycles. The van der Waals surface area contributed by atoms with Gasteiger partial charge in [0, 0.05) is 30.5 Å². The zero-order chi connectivity index (χ0) is 19.4. The lowest BCUT2D eigenvalue weighted by Gasteiger charge is -2.12. The van der Waals surface area contributed by atoms with E-state index in [2.05, 4.69) is 15.0 Å². The number of ether oxygens (including phenoxy) is 1. The first kappa shape index (κ1) is 19.1. The van der Waals surface area contributed by atoms with Crippen LogP contribution in [0.5, 0.6) is 5.75 Å². The Labute approximate surface area is 157 Å². The molecule has 0 bridgehead atoms. The van der Waals surface area contributed by atoms with Crippen molar-refractivity contribution in [1.29, 1.82) is 0 Å². The molecule has 8 nitrogen and oxygen atoms in total. The molecule has 1 heterocycles. The van der Waals surface area contributed by atoms with Gasteiger partial charge in [-0.1, -0.05) is 0 Å². The highest BCUT2D eigenvalue weighted by atomic mass is 32.2. The van der Waals surface area contributed by atoms with Crippen LogP contribution in [0.2, 0.25) is 0 Å². The molecule has 0 radical (unpaired) electrons. The Kier molecular flexibility index (Phi) is 5.62. The van der Waals surface area contributed by atoms with E-state index in [4.69, 9.17) is 4.74 Å². The summed E-state index contributed by atoms with van der Waals surface area (Å²) >= 11 is 0. The van der Waals surface area contributed by atoms with Crippen LogP contribution in [0.3, 0.4) is 0 Å². The summed E-state index contributed by atoms with van der Waals surface area (Å²) in [6.07, 6.45) is 4.70. The largest absolute Gasteiger partial charge is 0.492 e. The predicted octanol–water partition coefficient (Wildman–Crippen LogP) is 1.71. The first-order valence-corrected chi connectivity index (χ1v) is 10.4. The van der Waals surface area contributed by atoms with Crippen molar-refractivity contribution in [1.82, 2.24) is 9.71 Å². The molecule has 0 saturated heterocycles. The van der Waals surface area contributed by atoms with E-state index in [0.29, 0.717) is 29.0 Å². The fraction of sp³-hybridized carbons (Fsp3) is 0.333. The highest BCUT2D eigenvalue weighted by molar-refractivity contribution is 7.88. The summed E-state index contributed by atoms with van der Waals surface area (Å²) in [5, 5.41) is 2.77. The molecule has 0 saturated carbocycles. The third kappa shape index (κ3) is 4.95. The SMILES string of the molecule is CS(=O)(=O)NCCOc1ccc(NC(=O)c2c[nH]c3c2C(=O)CCC3)cc1. The lowest BCUT2D eigenvalue weighted by Crippen LogP contribution is -2.26. The first-order valence-electron chi connectivity index (χ1n) is 8.56. The van der Waals surface area contributed by atoms with E-state index in [9.17, 15) is 18.0 Å². The third-order valence-corrected chi connectivity index (χ3v) is 4.89. The molecule has 0 aliphatic heterocycles. The number of carbonyl (C=O) groups is 2. The predicted molar refractivity (Wildman–Crippen MR) is 101 cm³/mol. The van der Waals surface area contributed by atoms with Crippen molar-refractivity contribution in [2.24, 2.45) is 0 Å². The van der Waals surface area contributed by atoms with Gasteiger partial charge in [-0.25, -0.2) is 13.1 Å². The van der Waals surface area contributed by atoms with Crippen LogP contribution in [0.25, 0.3) is 0 Å². The van der Waals surface area contributed by atoms with Crippen LogP contribution in [-0.4, -0.2) is 44.5 Å². The molecule has 3 N–H and O–H groups in total. The van der Waals surface area contributed by atoms with Crippen LogP contribution in [0.1, 0.15) is 39.3 Å². The minimum atomic E-state index is -3.24. The van der Waals surface area contributed by atoms with E-state index >= 15 is 0 Å². The van der Waals surface area contributed by atoms with Gasteiger partial charge >= 0.3 is 0 Å². The maximum absolute atomic E-state index is 12.5. The Balaban J connectivity index is 1.58. The average molecular weight is 391 g/mol. The molecule has 1 aliphatic carbocycles. The topological polar surface area (TPSA) is 117 Å². The number of benzene rings is 1. The van der Waals surface area contributed by atoms with Gasteiger partial charge in [0.1, 0.15) is 12.4 Å². The Morgan fingerprint density at radius 3 is 2.67 bits per heavy atom. The summed E-state index contributed by atoms with van der Waals surface area (Å²) in [6, 6.07) is 6.71. The molecule has 1 aliphatic rings. The fourth-order valence-electron chi connectivity index (χ4n) is 2.94. The van der Waals surface area contributed by atoms with Gasteiger partial charge < -0.3 is 15.0 Å². The van der Waals surface area contributed by atoms with E-state index in [1.807, 2.05) is 0 Å². The summed E-state index contributed by atoms with van der Waals surface area (Å²) < 4.78 is 29.7. The summed E-state index contributed by atoms with van der Waals surface area (Å²) in [4.78, 5) is 27.6. The molecule has 2 aromatic rings. The standard InChI is InChI=1S/C18H21N3O5S/c1-27(24,25)20-9-10-26-13-7-5-12(6-8-13)21-18(23)14-11-19-15-3-2-4-16(22)17(14)15/h5-8,11,19-20H,2-4,9-10H2,1H3,(H,21,23). The van der Waals surface area contributed by atoms with Crippen molar-refractivity contribution in [2.75, 3.05) is 24.7 Å². The normalized spacial score (nSPS) is 13.9. The van der Waals surface area contributed by atoms with Crippen LogP contribution >= 0.6 is 0 Å². The molecule has 0 spiro atoms. The second-order valence-electron chi connectivity index (χ2n) is 6.33. The zero-order valence-electron chi connectivity index (χ0n) is 14.9. The lowest BCUT2D eigenvalue weighted by atomic mass is 9.93. The number of fused-ring (bicyclic) bond motifs is 1. The summed E-state index contributed by atoms with van der Waals surface area (Å²) in [5.41, 5.74) is 2.25. The summed E-state index contributed by atoms with van der Waals surface area (Å²) in [6.45, 7) is 0.361. The van der Waals surface area contributed by atoms with E-state index in [-0.39, 0.29) is 24.8 Å². The Morgan fingerprint density at radius 2 is 1.96 bits per heavy atom. The number of Topliss-reactive ketones (excluding diaryl/α,β-unsaturated/α-hetero) is 1. The Morgan fingerprint density at radius 1 is 1.22 bits per heavy atom. The number of hydrogen-bond acceptors (Lipinski definition) is 5. The highest BCUT2D eigenvalue weighted by Gasteiger charge is 2.25. The van der Waals surface area contributed by atoms with Gasteiger partial charge in [0.25, 0.3) is 5.91 Å². The number of nitrogens with one attached hydrogen (secondary N) is 3. The van der Waals surface area contributed by atoms with Gasteiger partial charge in [-0.05, 0) is 37.1 Å². The van der Waals surface area contributed by atoms with Crippen LogP contribution in [0.4, 0.5) is 5.69 Å². The molecule has 27 heavy (non-hydrogen) atoms. The number of amides is 1. The number of sulfonamides is 1. The van der Waals surface area contributed by atoms with Gasteiger partial charge in [-0.3, -0.25) is 9.59 Å². The van der Waals surface area contributed by atoms with E-state index < -0.39 is 10.0 Å². The number of aryl methyl sites for hydroxylation is 1. The Hall–Kier alpha value is -2.65. The maximum Gasteiger partial charge on any atom is 0.257 e. The number of ketones is 1.